The summed E-state index contributed by atoms with van der Waals surface area (Å²) in [6, 6.07) is 3.58. The van der Waals surface area contributed by atoms with Gasteiger partial charge in [-0.1, -0.05) is 25.4 Å². The first-order valence-corrected chi connectivity index (χ1v) is 7.97. The number of ether oxygens (including phenoxy) is 2. The third-order valence-electron chi connectivity index (χ3n) is 3.49. The lowest BCUT2D eigenvalue weighted by Gasteiger charge is -2.13. The maximum Gasteiger partial charge on any atom is 0.231 e. The van der Waals surface area contributed by atoms with E-state index >= 15 is 0 Å². The first kappa shape index (κ1) is 15.4. The van der Waals surface area contributed by atoms with Crippen molar-refractivity contribution in [2.24, 2.45) is 0 Å². The van der Waals surface area contributed by atoms with E-state index in [9.17, 15) is 4.79 Å². The van der Waals surface area contributed by atoms with Crippen LogP contribution in [0.3, 0.4) is 0 Å². The highest BCUT2D eigenvalue weighted by Crippen LogP contribution is 2.37. The van der Waals surface area contributed by atoms with Crippen LogP contribution in [-0.2, 0) is 6.54 Å². The Morgan fingerprint density at radius 1 is 1.41 bits per heavy atom. The first-order valence-electron chi connectivity index (χ1n) is 6.80. The summed E-state index contributed by atoms with van der Waals surface area (Å²) in [6.07, 6.45) is 0.795. The summed E-state index contributed by atoms with van der Waals surface area (Å²) in [7, 11) is 0. The smallest absolute Gasteiger partial charge is 0.231 e. The van der Waals surface area contributed by atoms with Crippen molar-refractivity contribution in [2.75, 3.05) is 6.79 Å². The molecule has 2 heterocycles. The highest BCUT2D eigenvalue weighted by molar-refractivity contribution is 9.10. The van der Waals surface area contributed by atoms with E-state index in [0.717, 1.165) is 17.7 Å². The van der Waals surface area contributed by atoms with Crippen LogP contribution in [0.25, 0.3) is 0 Å². The number of aromatic nitrogens is 2. The maximum atomic E-state index is 11.4. The fraction of sp³-hybridized carbons (Fsp3) is 0.333. The molecule has 0 fully saturated rings. The standard InChI is InChI=1S/C15H14BrClN2O3/c1-8(2)15-18-14(16)11(6-20)19(15)5-9-3-12-13(4-10(9)17)22-7-21-12/h3-4,6,8H,5,7H2,1-2H3. The summed E-state index contributed by atoms with van der Waals surface area (Å²) >= 11 is 9.66. The molecular formula is C15H14BrClN2O3. The number of hydrogen-bond acceptors (Lipinski definition) is 4. The Bertz CT molecular complexity index is 743. The molecule has 3 rings (SSSR count). The highest BCUT2D eigenvalue weighted by Gasteiger charge is 2.21. The monoisotopic (exact) mass is 384 g/mol. The number of rotatable bonds is 4. The van der Waals surface area contributed by atoms with Gasteiger partial charge in [-0.25, -0.2) is 4.98 Å². The maximum absolute atomic E-state index is 11.4. The number of benzene rings is 1. The normalized spacial score (nSPS) is 13.0. The predicted molar refractivity (Wildman–Crippen MR) is 86.1 cm³/mol. The number of imidazole rings is 1. The van der Waals surface area contributed by atoms with Crippen LogP contribution in [0.4, 0.5) is 0 Å². The van der Waals surface area contributed by atoms with Crippen molar-refractivity contribution < 1.29 is 14.3 Å². The molecule has 1 aliphatic heterocycles. The van der Waals surface area contributed by atoms with Crippen molar-refractivity contribution in [3.63, 3.8) is 0 Å². The molecule has 0 amide bonds. The van der Waals surface area contributed by atoms with Crippen LogP contribution in [0.1, 0.15) is 41.6 Å². The molecule has 0 bridgehead atoms. The van der Waals surface area contributed by atoms with Gasteiger partial charge < -0.3 is 14.0 Å². The Morgan fingerprint density at radius 2 is 2.09 bits per heavy atom. The summed E-state index contributed by atoms with van der Waals surface area (Å²) in [4.78, 5) is 15.8. The molecule has 22 heavy (non-hydrogen) atoms. The van der Waals surface area contributed by atoms with Gasteiger partial charge in [-0.05, 0) is 27.6 Å². The van der Waals surface area contributed by atoms with Gasteiger partial charge in [-0.3, -0.25) is 4.79 Å². The second-order valence-corrected chi connectivity index (χ2v) is 6.46. The van der Waals surface area contributed by atoms with Crippen molar-refractivity contribution >= 4 is 33.8 Å². The van der Waals surface area contributed by atoms with Gasteiger partial charge in [0.2, 0.25) is 6.79 Å². The van der Waals surface area contributed by atoms with E-state index in [4.69, 9.17) is 21.1 Å². The van der Waals surface area contributed by atoms with Crippen LogP contribution in [0.2, 0.25) is 5.02 Å². The number of fused-ring (bicyclic) bond motifs is 1. The van der Waals surface area contributed by atoms with Crippen LogP contribution in [-0.4, -0.2) is 22.6 Å². The number of halogens is 2. The van der Waals surface area contributed by atoms with E-state index in [2.05, 4.69) is 20.9 Å². The Labute approximate surface area is 141 Å². The molecule has 0 radical (unpaired) electrons. The van der Waals surface area contributed by atoms with Crippen LogP contribution in [0.5, 0.6) is 11.5 Å². The van der Waals surface area contributed by atoms with E-state index in [1.807, 2.05) is 24.5 Å². The number of nitrogens with zero attached hydrogens (tertiary/aromatic N) is 2. The van der Waals surface area contributed by atoms with Gasteiger partial charge in [0, 0.05) is 17.0 Å². The molecule has 1 aromatic carbocycles. The minimum Gasteiger partial charge on any atom is -0.454 e. The molecule has 5 nitrogen and oxygen atoms in total. The van der Waals surface area contributed by atoms with E-state index in [0.29, 0.717) is 33.4 Å². The zero-order chi connectivity index (χ0) is 15.9. The predicted octanol–water partition coefficient (Wildman–Crippen LogP) is 4.01. The van der Waals surface area contributed by atoms with Gasteiger partial charge in [0.1, 0.15) is 16.1 Å². The van der Waals surface area contributed by atoms with Crippen LogP contribution >= 0.6 is 27.5 Å². The lowest BCUT2D eigenvalue weighted by atomic mass is 10.1. The minimum absolute atomic E-state index is 0.179. The summed E-state index contributed by atoms with van der Waals surface area (Å²) < 4.78 is 13.1. The molecule has 0 unspecified atom stereocenters. The third kappa shape index (κ3) is 2.61. The number of carbonyl (C=O) groups excluding carboxylic acids is 1. The Morgan fingerprint density at radius 3 is 2.73 bits per heavy atom. The number of carbonyl (C=O) groups is 1. The fourth-order valence-corrected chi connectivity index (χ4v) is 3.13. The van der Waals surface area contributed by atoms with Crippen LogP contribution in [0.15, 0.2) is 16.7 Å². The van der Waals surface area contributed by atoms with Gasteiger partial charge in [0.15, 0.2) is 17.8 Å². The topological polar surface area (TPSA) is 53.4 Å². The zero-order valence-electron chi connectivity index (χ0n) is 12.1. The molecule has 0 N–H and O–H groups in total. The molecular weight excluding hydrogens is 372 g/mol. The Balaban J connectivity index is 2.05. The third-order valence-corrected chi connectivity index (χ3v) is 4.42. The van der Waals surface area contributed by atoms with Crippen molar-refractivity contribution in [1.82, 2.24) is 9.55 Å². The van der Waals surface area contributed by atoms with Crippen LogP contribution in [0, 0.1) is 0 Å². The van der Waals surface area contributed by atoms with Gasteiger partial charge in [0.05, 0.1) is 6.54 Å². The summed E-state index contributed by atoms with van der Waals surface area (Å²) in [5, 5.41) is 0.570. The van der Waals surface area contributed by atoms with Crippen molar-refractivity contribution in [3.05, 3.63) is 38.8 Å². The molecule has 0 spiro atoms. The average Bonchev–Trinajstić information content (AvgIpc) is 3.03. The largest absolute Gasteiger partial charge is 0.454 e. The molecule has 2 aromatic rings. The van der Waals surface area contributed by atoms with Crippen molar-refractivity contribution in [2.45, 2.75) is 26.3 Å². The summed E-state index contributed by atoms with van der Waals surface area (Å²) in [6.45, 7) is 4.69. The van der Waals surface area contributed by atoms with Crippen molar-refractivity contribution in [1.29, 1.82) is 0 Å². The minimum atomic E-state index is 0.179. The average molecular weight is 386 g/mol. The van der Waals surface area contributed by atoms with E-state index in [1.54, 1.807) is 6.07 Å². The van der Waals surface area contributed by atoms with Gasteiger partial charge in [-0.15, -0.1) is 0 Å². The second kappa shape index (κ2) is 5.93. The van der Waals surface area contributed by atoms with Crippen LogP contribution < -0.4 is 9.47 Å². The molecule has 0 saturated carbocycles. The SMILES string of the molecule is CC(C)c1nc(Br)c(C=O)n1Cc1cc2c(cc1Cl)OCO2. The fourth-order valence-electron chi connectivity index (χ4n) is 2.42. The lowest BCUT2D eigenvalue weighted by Crippen LogP contribution is -2.10. The molecule has 1 aliphatic rings. The van der Waals surface area contributed by atoms with E-state index in [-0.39, 0.29) is 12.7 Å². The van der Waals surface area contributed by atoms with Gasteiger partial charge >= 0.3 is 0 Å². The molecule has 7 heteroatoms. The summed E-state index contributed by atoms with van der Waals surface area (Å²) in [5.41, 5.74) is 1.35. The quantitative estimate of drug-likeness (QED) is 0.746. The molecule has 0 aliphatic carbocycles. The van der Waals surface area contributed by atoms with E-state index in [1.165, 1.54) is 0 Å². The molecule has 116 valence electrons. The van der Waals surface area contributed by atoms with Crippen molar-refractivity contribution in [3.8, 4) is 11.5 Å². The zero-order valence-corrected chi connectivity index (χ0v) is 14.4. The summed E-state index contributed by atoms with van der Waals surface area (Å²) in [5.74, 6) is 2.30. The molecule has 0 saturated heterocycles. The molecule has 0 atom stereocenters. The Kier molecular flexibility index (Phi) is 4.14. The Hall–Kier alpha value is -1.53. The molecule has 1 aromatic heterocycles. The number of hydrogen-bond donors (Lipinski definition) is 0. The second-order valence-electron chi connectivity index (χ2n) is 5.30. The first-order chi connectivity index (χ1) is 10.5. The van der Waals surface area contributed by atoms with Gasteiger partial charge in [0.25, 0.3) is 0 Å². The van der Waals surface area contributed by atoms with Gasteiger partial charge in [-0.2, -0.15) is 0 Å². The highest BCUT2D eigenvalue weighted by atomic mass is 79.9. The van der Waals surface area contributed by atoms with E-state index < -0.39 is 0 Å². The lowest BCUT2D eigenvalue weighted by molar-refractivity contribution is 0.111. The number of aldehydes is 1.